The Bertz CT molecular complexity index is 586. The molecule has 2 aromatic rings. The van der Waals surface area contributed by atoms with E-state index < -0.39 is 0 Å². The zero-order valence-corrected chi connectivity index (χ0v) is 12.5. The topological polar surface area (TPSA) is 9.23 Å². The standard InChI is InChI=1S/C16H17BClFO/c1-17(2)15-7-6-14(11-16(15)19)20-9-8-12-4-3-5-13(18)10-12/h3-7,10-11H,8-9H2,1-2H3. The molecule has 0 bridgehead atoms. The van der Waals surface area contributed by atoms with Gasteiger partial charge in [-0.05, 0) is 29.2 Å². The molecule has 0 heterocycles. The zero-order chi connectivity index (χ0) is 14.5. The van der Waals surface area contributed by atoms with Gasteiger partial charge in [0.15, 0.2) is 6.71 Å². The molecular formula is C16H17BClFO. The maximum atomic E-state index is 13.8. The van der Waals surface area contributed by atoms with Crippen LogP contribution in [-0.2, 0) is 6.42 Å². The van der Waals surface area contributed by atoms with Crippen molar-refractivity contribution in [1.82, 2.24) is 0 Å². The number of ether oxygens (including phenoxy) is 1. The minimum absolute atomic E-state index is 0.176. The second-order valence-electron chi connectivity index (χ2n) is 5.07. The lowest BCUT2D eigenvalue weighted by molar-refractivity contribution is 0.320. The highest BCUT2D eigenvalue weighted by Gasteiger charge is 2.10. The normalized spacial score (nSPS) is 10.4. The third kappa shape index (κ3) is 4.01. The van der Waals surface area contributed by atoms with Crippen molar-refractivity contribution in [2.75, 3.05) is 6.61 Å². The van der Waals surface area contributed by atoms with Crippen molar-refractivity contribution in [3.05, 3.63) is 58.9 Å². The summed E-state index contributed by atoms with van der Waals surface area (Å²) in [4.78, 5) is 0. The average Bonchev–Trinajstić information content (AvgIpc) is 2.38. The molecule has 0 N–H and O–H groups in total. The number of halogens is 2. The Morgan fingerprint density at radius 1 is 1.15 bits per heavy atom. The van der Waals surface area contributed by atoms with Gasteiger partial charge in [-0.2, -0.15) is 0 Å². The van der Waals surface area contributed by atoms with E-state index in [1.165, 1.54) is 6.07 Å². The van der Waals surface area contributed by atoms with Crippen LogP contribution in [0.1, 0.15) is 5.56 Å². The molecule has 0 amide bonds. The minimum Gasteiger partial charge on any atom is -0.493 e. The van der Waals surface area contributed by atoms with E-state index in [1.807, 2.05) is 44.0 Å². The van der Waals surface area contributed by atoms with Gasteiger partial charge in [-0.25, -0.2) is 4.39 Å². The molecule has 0 aliphatic rings. The highest BCUT2D eigenvalue weighted by molar-refractivity contribution is 6.70. The SMILES string of the molecule is CB(C)c1ccc(OCCc2cccc(Cl)c2)cc1F. The number of rotatable bonds is 5. The second-order valence-corrected chi connectivity index (χ2v) is 5.50. The first-order chi connectivity index (χ1) is 9.56. The predicted octanol–water partition coefficient (Wildman–Crippen LogP) is 4.06. The molecule has 104 valence electrons. The van der Waals surface area contributed by atoms with E-state index in [-0.39, 0.29) is 12.5 Å². The van der Waals surface area contributed by atoms with Crippen molar-refractivity contribution in [2.24, 2.45) is 0 Å². The van der Waals surface area contributed by atoms with Crippen LogP contribution in [0.4, 0.5) is 4.39 Å². The summed E-state index contributed by atoms with van der Waals surface area (Å²) < 4.78 is 19.4. The van der Waals surface area contributed by atoms with Gasteiger partial charge in [0.05, 0.1) is 6.61 Å². The lowest BCUT2D eigenvalue weighted by atomic mass is 9.49. The fourth-order valence-electron chi connectivity index (χ4n) is 2.05. The van der Waals surface area contributed by atoms with Gasteiger partial charge in [-0.15, -0.1) is 0 Å². The van der Waals surface area contributed by atoms with E-state index in [9.17, 15) is 4.39 Å². The van der Waals surface area contributed by atoms with E-state index in [2.05, 4.69) is 0 Å². The zero-order valence-electron chi connectivity index (χ0n) is 11.7. The maximum Gasteiger partial charge on any atom is 0.173 e. The van der Waals surface area contributed by atoms with E-state index >= 15 is 0 Å². The summed E-state index contributed by atoms with van der Waals surface area (Å²) in [6.07, 6.45) is 0.744. The summed E-state index contributed by atoms with van der Waals surface area (Å²) in [5, 5.41) is 0.717. The van der Waals surface area contributed by atoms with Crippen molar-refractivity contribution in [3.63, 3.8) is 0 Å². The van der Waals surface area contributed by atoms with Crippen molar-refractivity contribution in [3.8, 4) is 5.75 Å². The summed E-state index contributed by atoms with van der Waals surface area (Å²) in [7, 11) is 0. The molecule has 0 aromatic heterocycles. The van der Waals surface area contributed by atoms with Crippen molar-refractivity contribution in [2.45, 2.75) is 20.1 Å². The molecule has 0 saturated carbocycles. The van der Waals surface area contributed by atoms with Gasteiger partial charge in [0.1, 0.15) is 11.6 Å². The molecule has 0 aliphatic carbocycles. The van der Waals surface area contributed by atoms with E-state index in [0.29, 0.717) is 17.8 Å². The Kier molecular flexibility index (Phi) is 5.08. The monoisotopic (exact) mass is 290 g/mol. The molecule has 0 atom stereocenters. The smallest absolute Gasteiger partial charge is 0.173 e. The highest BCUT2D eigenvalue weighted by atomic mass is 35.5. The fraction of sp³-hybridized carbons (Fsp3) is 0.250. The summed E-state index contributed by atoms with van der Waals surface area (Å²) in [5.74, 6) is 0.356. The number of hydrogen-bond donors (Lipinski definition) is 0. The number of benzene rings is 2. The molecule has 20 heavy (non-hydrogen) atoms. The fourth-order valence-corrected chi connectivity index (χ4v) is 2.26. The van der Waals surface area contributed by atoms with E-state index in [1.54, 1.807) is 6.07 Å². The molecule has 2 rings (SSSR count). The number of hydrogen-bond acceptors (Lipinski definition) is 1. The molecule has 0 radical (unpaired) electrons. The summed E-state index contributed by atoms with van der Waals surface area (Å²) in [5.41, 5.74) is 1.82. The molecule has 0 saturated heterocycles. The first kappa shape index (κ1) is 14.9. The van der Waals surface area contributed by atoms with Gasteiger partial charge < -0.3 is 4.74 Å². The lowest BCUT2D eigenvalue weighted by Crippen LogP contribution is -2.25. The highest BCUT2D eigenvalue weighted by Crippen LogP contribution is 2.14. The van der Waals surface area contributed by atoms with Crippen LogP contribution in [0.5, 0.6) is 5.75 Å². The summed E-state index contributed by atoms with van der Waals surface area (Å²) >= 11 is 5.92. The van der Waals surface area contributed by atoms with Gasteiger partial charge in [0.2, 0.25) is 0 Å². The van der Waals surface area contributed by atoms with Crippen LogP contribution < -0.4 is 10.2 Å². The quantitative estimate of drug-likeness (QED) is 0.755. The summed E-state index contributed by atoms with van der Waals surface area (Å²) in [6, 6.07) is 12.7. The van der Waals surface area contributed by atoms with E-state index in [4.69, 9.17) is 16.3 Å². The third-order valence-corrected chi connectivity index (χ3v) is 3.38. The molecule has 0 spiro atoms. The average molecular weight is 291 g/mol. The lowest BCUT2D eigenvalue weighted by Gasteiger charge is -2.09. The van der Waals surface area contributed by atoms with Gasteiger partial charge in [0.25, 0.3) is 0 Å². The molecular weight excluding hydrogens is 273 g/mol. The van der Waals surface area contributed by atoms with Crippen molar-refractivity contribution >= 4 is 23.8 Å². The molecule has 4 heteroatoms. The Labute approximate surface area is 124 Å². The van der Waals surface area contributed by atoms with Gasteiger partial charge in [-0.3, -0.25) is 0 Å². The largest absolute Gasteiger partial charge is 0.493 e. The first-order valence-corrected chi connectivity index (χ1v) is 7.11. The Hall–Kier alpha value is -1.48. The predicted molar refractivity (Wildman–Crippen MR) is 84.2 cm³/mol. The van der Waals surface area contributed by atoms with Gasteiger partial charge >= 0.3 is 0 Å². The molecule has 2 aromatic carbocycles. The van der Waals surface area contributed by atoms with E-state index in [0.717, 1.165) is 17.0 Å². The van der Waals surface area contributed by atoms with Crippen molar-refractivity contribution < 1.29 is 9.13 Å². The Morgan fingerprint density at radius 3 is 2.60 bits per heavy atom. The van der Waals surface area contributed by atoms with Crippen LogP contribution in [0.2, 0.25) is 18.7 Å². The molecule has 0 aliphatic heterocycles. The molecule has 0 unspecified atom stereocenters. The minimum atomic E-state index is -0.208. The van der Waals surface area contributed by atoms with Gasteiger partial charge in [0, 0.05) is 17.5 Å². The van der Waals surface area contributed by atoms with Gasteiger partial charge in [-0.1, -0.05) is 43.4 Å². The van der Waals surface area contributed by atoms with Crippen LogP contribution in [0.25, 0.3) is 0 Å². The van der Waals surface area contributed by atoms with Crippen molar-refractivity contribution in [1.29, 1.82) is 0 Å². The molecule has 1 nitrogen and oxygen atoms in total. The van der Waals surface area contributed by atoms with Crippen LogP contribution in [0, 0.1) is 5.82 Å². The third-order valence-electron chi connectivity index (χ3n) is 3.14. The van der Waals surface area contributed by atoms with Crippen LogP contribution in [0.15, 0.2) is 42.5 Å². The summed E-state index contributed by atoms with van der Waals surface area (Å²) in [6.45, 7) is 4.62. The Balaban J connectivity index is 1.93. The van der Waals surface area contributed by atoms with Crippen LogP contribution >= 0.6 is 11.6 Å². The maximum absolute atomic E-state index is 13.8. The second kappa shape index (κ2) is 6.80. The van der Waals surface area contributed by atoms with Crippen LogP contribution in [-0.4, -0.2) is 13.3 Å². The molecule has 0 fully saturated rings. The van der Waals surface area contributed by atoms with Crippen LogP contribution in [0.3, 0.4) is 0 Å². The Morgan fingerprint density at radius 2 is 1.95 bits per heavy atom. The first-order valence-electron chi connectivity index (χ1n) is 6.73.